The number of anilines is 1. The zero-order valence-corrected chi connectivity index (χ0v) is 18.5. The standard InChI is InChI=1S/C19H25N5O4S2/c1-13(2)23-30(27,28)12-15-5-3-14(4-6-15)10-21-17(25)9-16-11-29-19(22-16)24-8-7-20-18(24)26/h3-6,11,13,23H,7-10,12H2,1-2H3,(H,20,26)(H,21,25). The Morgan fingerprint density at radius 1 is 1.27 bits per heavy atom. The van der Waals surface area contributed by atoms with Crippen LogP contribution in [0.15, 0.2) is 29.6 Å². The van der Waals surface area contributed by atoms with Crippen molar-refractivity contribution in [3.8, 4) is 0 Å². The van der Waals surface area contributed by atoms with Crippen LogP contribution >= 0.6 is 11.3 Å². The lowest BCUT2D eigenvalue weighted by Crippen LogP contribution is -2.31. The van der Waals surface area contributed by atoms with Gasteiger partial charge >= 0.3 is 6.03 Å². The van der Waals surface area contributed by atoms with Gasteiger partial charge in [-0.3, -0.25) is 9.69 Å². The highest BCUT2D eigenvalue weighted by Gasteiger charge is 2.24. The van der Waals surface area contributed by atoms with Gasteiger partial charge in [0.15, 0.2) is 5.13 Å². The van der Waals surface area contributed by atoms with Crippen LogP contribution in [0.4, 0.5) is 9.93 Å². The van der Waals surface area contributed by atoms with Crippen LogP contribution in [0.1, 0.15) is 30.7 Å². The molecule has 1 aliphatic heterocycles. The summed E-state index contributed by atoms with van der Waals surface area (Å²) in [5.41, 5.74) is 2.17. The van der Waals surface area contributed by atoms with Crippen LogP contribution in [-0.4, -0.2) is 44.5 Å². The molecule has 0 unspecified atom stereocenters. The average Bonchev–Trinajstić information content (AvgIpc) is 3.28. The van der Waals surface area contributed by atoms with Crippen molar-refractivity contribution in [3.05, 3.63) is 46.5 Å². The first kappa shape index (κ1) is 22.2. The van der Waals surface area contributed by atoms with E-state index in [2.05, 4.69) is 20.3 Å². The number of thiazole rings is 1. The molecule has 162 valence electrons. The molecule has 0 aliphatic carbocycles. The summed E-state index contributed by atoms with van der Waals surface area (Å²) in [6, 6.07) is 6.77. The summed E-state index contributed by atoms with van der Waals surface area (Å²) in [4.78, 5) is 29.8. The maximum Gasteiger partial charge on any atom is 0.323 e. The molecule has 0 spiro atoms. The molecule has 1 aromatic carbocycles. The van der Waals surface area contributed by atoms with E-state index in [1.807, 2.05) is 0 Å². The number of nitrogens with zero attached hydrogens (tertiary/aromatic N) is 2. The van der Waals surface area contributed by atoms with Crippen molar-refractivity contribution in [2.45, 2.75) is 38.6 Å². The minimum atomic E-state index is -3.37. The Labute approximate surface area is 179 Å². The summed E-state index contributed by atoms with van der Waals surface area (Å²) in [5.74, 6) is -0.260. The normalized spacial score (nSPS) is 14.2. The molecule has 0 atom stereocenters. The summed E-state index contributed by atoms with van der Waals surface area (Å²) < 4.78 is 26.5. The van der Waals surface area contributed by atoms with Gasteiger partial charge in [-0.15, -0.1) is 11.3 Å². The predicted octanol–water partition coefficient (Wildman–Crippen LogP) is 1.36. The second-order valence-corrected chi connectivity index (χ2v) is 9.90. The Morgan fingerprint density at radius 2 is 1.97 bits per heavy atom. The Hall–Kier alpha value is -2.50. The van der Waals surface area contributed by atoms with E-state index in [1.165, 1.54) is 11.3 Å². The van der Waals surface area contributed by atoms with Gasteiger partial charge in [-0.25, -0.2) is 22.9 Å². The number of urea groups is 1. The number of nitrogens with one attached hydrogen (secondary N) is 3. The quantitative estimate of drug-likeness (QED) is 0.532. The highest BCUT2D eigenvalue weighted by molar-refractivity contribution is 7.88. The molecule has 30 heavy (non-hydrogen) atoms. The van der Waals surface area contributed by atoms with Crippen LogP contribution in [0.25, 0.3) is 0 Å². The number of carbonyl (C=O) groups excluding carboxylic acids is 2. The lowest BCUT2D eigenvalue weighted by Gasteiger charge is -2.10. The number of hydrogen-bond donors (Lipinski definition) is 3. The second-order valence-electron chi connectivity index (χ2n) is 7.31. The van der Waals surface area contributed by atoms with Crippen molar-refractivity contribution >= 4 is 38.4 Å². The maximum absolute atomic E-state index is 12.2. The van der Waals surface area contributed by atoms with Gasteiger partial charge in [-0.05, 0) is 25.0 Å². The van der Waals surface area contributed by atoms with E-state index >= 15 is 0 Å². The van der Waals surface area contributed by atoms with E-state index in [0.717, 1.165) is 5.56 Å². The lowest BCUT2D eigenvalue weighted by molar-refractivity contribution is -0.120. The Bertz CT molecular complexity index is 1000. The largest absolute Gasteiger partial charge is 0.352 e. The molecule has 2 aromatic rings. The third kappa shape index (κ3) is 6.25. The van der Waals surface area contributed by atoms with Crippen LogP contribution in [0.5, 0.6) is 0 Å². The monoisotopic (exact) mass is 451 g/mol. The van der Waals surface area contributed by atoms with Crippen LogP contribution in [0.2, 0.25) is 0 Å². The van der Waals surface area contributed by atoms with Gasteiger partial charge < -0.3 is 10.6 Å². The van der Waals surface area contributed by atoms with Gasteiger partial charge in [-0.2, -0.15) is 0 Å². The highest BCUT2D eigenvalue weighted by Crippen LogP contribution is 2.22. The zero-order valence-electron chi connectivity index (χ0n) is 16.8. The van der Waals surface area contributed by atoms with E-state index in [4.69, 9.17) is 0 Å². The van der Waals surface area contributed by atoms with Crippen LogP contribution < -0.4 is 20.3 Å². The lowest BCUT2D eigenvalue weighted by atomic mass is 10.1. The van der Waals surface area contributed by atoms with E-state index in [9.17, 15) is 18.0 Å². The fourth-order valence-corrected chi connectivity index (χ4v) is 5.24. The minimum absolute atomic E-state index is 0.0843. The van der Waals surface area contributed by atoms with Gasteiger partial charge in [0.25, 0.3) is 0 Å². The van der Waals surface area contributed by atoms with Crippen molar-refractivity contribution in [3.63, 3.8) is 0 Å². The average molecular weight is 452 g/mol. The molecule has 2 heterocycles. The molecular weight excluding hydrogens is 426 g/mol. The summed E-state index contributed by atoms with van der Waals surface area (Å²) in [5, 5.41) is 7.92. The Morgan fingerprint density at radius 3 is 2.60 bits per heavy atom. The first-order valence-electron chi connectivity index (χ1n) is 9.56. The molecule has 0 bridgehead atoms. The van der Waals surface area contributed by atoms with E-state index in [-0.39, 0.29) is 30.2 Å². The summed E-state index contributed by atoms with van der Waals surface area (Å²) >= 11 is 1.34. The minimum Gasteiger partial charge on any atom is -0.352 e. The van der Waals surface area contributed by atoms with Gasteiger partial charge in [0.2, 0.25) is 15.9 Å². The van der Waals surface area contributed by atoms with Gasteiger partial charge in [0, 0.05) is 31.1 Å². The van der Waals surface area contributed by atoms with Crippen molar-refractivity contribution in [1.82, 2.24) is 20.3 Å². The number of carbonyl (C=O) groups is 2. The predicted molar refractivity (Wildman–Crippen MR) is 116 cm³/mol. The van der Waals surface area contributed by atoms with Crippen LogP contribution in [0.3, 0.4) is 0 Å². The smallest absolute Gasteiger partial charge is 0.323 e. The number of aromatic nitrogens is 1. The molecule has 1 saturated heterocycles. The zero-order chi connectivity index (χ0) is 21.7. The number of amides is 3. The van der Waals surface area contributed by atoms with Gasteiger partial charge in [0.1, 0.15) is 0 Å². The van der Waals surface area contributed by atoms with Gasteiger partial charge in [-0.1, -0.05) is 24.3 Å². The number of benzene rings is 1. The van der Waals surface area contributed by atoms with Crippen molar-refractivity contribution in [1.29, 1.82) is 0 Å². The third-order valence-corrected chi connectivity index (χ3v) is 6.71. The van der Waals surface area contributed by atoms with Crippen molar-refractivity contribution in [2.75, 3.05) is 18.0 Å². The molecule has 1 aliphatic rings. The Balaban J connectivity index is 1.48. The maximum atomic E-state index is 12.2. The molecule has 0 saturated carbocycles. The molecule has 1 aromatic heterocycles. The van der Waals surface area contributed by atoms with Gasteiger partial charge in [0.05, 0.1) is 17.9 Å². The first-order valence-corrected chi connectivity index (χ1v) is 12.1. The second kappa shape index (κ2) is 9.54. The van der Waals surface area contributed by atoms with E-state index in [1.54, 1.807) is 48.4 Å². The van der Waals surface area contributed by atoms with Crippen LogP contribution in [0, 0.1) is 0 Å². The number of hydrogen-bond acceptors (Lipinski definition) is 6. The van der Waals surface area contributed by atoms with Crippen molar-refractivity contribution < 1.29 is 18.0 Å². The highest BCUT2D eigenvalue weighted by atomic mass is 32.2. The summed E-state index contributed by atoms with van der Waals surface area (Å²) in [7, 11) is -3.37. The van der Waals surface area contributed by atoms with E-state index in [0.29, 0.717) is 36.0 Å². The molecule has 3 N–H and O–H groups in total. The third-order valence-electron chi connectivity index (χ3n) is 4.25. The SMILES string of the molecule is CC(C)NS(=O)(=O)Cc1ccc(CNC(=O)Cc2csc(N3CCNC3=O)n2)cc1. The summed E-state index contributed by atoms with van der Waals surface area (Å²) in [6.45, 7) is 5.05. The number of rotatable bonds is 9. The van der Waals surface area contributed by atoms with Crippen molar-refractivity contribution in [2.24, 2.45) is 0 Å². The van der Waals surface area contributed by atoms with Crippen LogP contribution in [-0.2, 0) is 33.5 Å². The van der Waals surface area contributed by atoms with E-state index < -0.39 is 10.0 Å². The molecule has 3 rings (SSSR count). The number of sulfonamides is 1. The fourth-order valence-electron chi connectivity index (χ4n) is 2.96. The molecule has 1 fully saturated rings. The molecule has 9 nitrogen and oxygen atoms in total. The summed E-state index contributed by atoms with van der Waals surface area (Å²) in [6.07, 6.45) is 0.128. The Kier molecular flexibility index (Phi) is 7.06. The topological polar surface area (TPSA) is 121 Å². The molecule has 11 heteroatoms. The molecular formula is C19H25N5O4S2. The molecule has 0 radical (unpaired) electrons. The first-order chi connectivity index (χ1) is 14.2. The fraction of sp³-hybridized carbons (Fsp3) is 0.421. The molecule has 3 amide bonds.